The molecule has 3 aromatic rings. The van der Waals surface area contributed by atoms with Crippen LogP contribution in [0, 0.1) is 6.92 Å². The molecule has 0 radical (unpaired) electrons. The fourth-order valence-electron chi connectivity index (χ4n) is 2.74. The van der Waals surface area contributed by atoms with E-state index in [1.54, 1.807) is 24.3 Å². The number of hydrogen-bond acceptors (Lipinski definition) is 6. The minimum absolute atomic E-state index is 0.259. The minimum atomic E-state index is -0.332. The lowest BCUT2D eigenvalue weighted by Gasteiger charge is -2.19. The van der Waals surface area contributed by atoms with Crippen molar-refractivity contribution in [3.05, 3.63) is 66.1 Å². The van der Waals surface area contributed by atoms with Crippen molar-refractivity contribution >= 4 is 23.1 Å². The predicted molar refractivity (Wildman–Crippen MR) is 102 cm³/mol. The highest BCUT2D eigenvalue weighted by molar-refractivity contribution is 6.03. The van der Waals surface area contributed by atoms with Crippen LogP contribution in [0.5, 0.6) is 11.5 Å². The zero-order chi connectivity index (χ0) is 18.6. The first-order valence-electron chi connectivity index (χ1n) is 8.54. The normalized spacial score (nSPS) is 12.3. The fourth-order valence-corrected chi connectivity index (χ4v) is 2.74. The van der Waals surface area contributed by atoms with E-state index in [0.29, 0.717) is 36.2 Å². The van der Waals surface area contributed by atoms with Crippen LogP contribution in [0.25, 0.3) is 0 Å². The molecule has 0 spiro atoms. The SMILES string of the molecule is Cc1cccc(Nc2cc(C(=O)Nc3ccc4c(c3)OCCO4)ncn2)c1. The zero-order valence-electron chi connectivity index (χ0n) is 14.7. The Kier molecular flexibility index (Phi) is 4.57. The summed E-state index contributed by atoms with van der Waals surface area (Å²) in [6.07, 6.45) is 1.36. The summed E-state index contributed by atoms with van der Waals surface area (Å²) in [4.78, 5) is 20.8. The van der Waals surface area contributed by atoms with Crippen LogP contribution in [-0.2, 0) is 0 Å². The first-order chi connectivity index (χ1) is 13.2. The zero-order valence-corrected chi connectivity index (χ0v) is 14.7. The van der Waals surface area contributed by atoms with Gasteiger partial charge >= 0.3 is 0 Å². The van der Waals surface area contributed by atoms with Crippen LogP contribution in [0.3, 0.4) is 0 Å². The summed E-state index contributed by atoms with van der Waals surface area (Å²) in [5, 5.41) is 5.99. The molecule has 27 heavy (non-hydrogen) atoms. The number of rotatable bonds is 4. The van der Waals surface area contributed by atoms with Crippen LogP contribution in [0.4, 0.5) is 17.2 Å². The van der Waals surface area contributed by atoms with Crippen molar-refractivity contribution in [2.24, 2.45) is 0 Å². The molecule has 0 unspecified atom stereocenters. The van der Waals surface area contributed by atoms with E-state index in [1.807, 2.05) is 31.2 Å². The number of ether oxygens (including phenoxy) is 2. The molecule has 136 valence electrons. The molecule has 4 rings (SSSR count). The monoisotopic (exact) mass is 362 g/mol. The van der Waals surface area contributed by atoms with E-state index in [9.17, 15) is 4.79 Å². The number of fused-ring (bicyclic) bond motifs is 1. The van der Waals surface area contributed by atoms with E-state index in [-0.39, 0.29) is 11.6 Å². The maximum Gasteiger partial charge on any atom is 0.274 e. The molecule has 0 atom stereocenters. The highest BCUT2D eigenvalue weighted by Crippen LogP contribution is 2.32. The van der Waals surface area contributed by atoms with Crippen LogP contribution in [0.1, 0.15) is 16.1 Å². The second kappa shape index (κ2) is 7.33. The summed E-state index contributed by atoms with van der Waals surface area (Å²) in [7, 11) is 0. The Balaban J connectivity index is 1.49. The van der Waals surface area contributed by atoms with E-state index in [2.05, 4.69) is 20.6 Å². The number of benzene rings is 2. The molecular weight excluding hydrogens is 344 g/mol. The Morgan fingerprint density at radius 1 is 0.963 bits per heavy atom. The number of aryl methyl sites for hydroxylation is 1. The summed E-state index contributed by atoms with van der Waals surface area (Å²) in [6.45, 7) is 3.03. The Hall–Kier alpha value is -3.61. The molecule has 1 aliphatic heterocycles. The number of carbonyl (C=O) groups is 1. The van der Waals surface area contributed by atoms with E-state index in [1.165, 1.54) is 6.33 Å². The molecule has 0 saturated carbocycles. The molecule has 2 aromatic carbocycles. The molecule has 0 bridgehead atoms. The third-order valence-electron chi connectivity index (χ3n) is 3.99. The number of carbonyl (C=O) groups excluding carboxylic acids is 1. The molecule has 1 aromatic heterocycles. The van der Waals surface area contributed by atoms with Crippen LogP contribution in [0.15, 0.2) is 54.9 Å². The molecule has 1 aliphatic rings. The largest absolute Gasteiger partial charge is 0.486 e. The van der Waals surface area contributed by atoms with Crippen LogP contribution >= 0.6 is 0 Å². The minimum Gasteiger partial charge on any atom is -0.486 e. The van der Waals surface area contributed by atoms with E-state index < -0.39 is 0 Å². The number of aromatic nitrogens is 2. The number of hydrogen-bond donors (Lipinski definition) is 2. The molecule has 7 heteroatoms. The summed E-state index contributed by atoms with van der Waals surface area (Å²) in [5.74, 6) is 1.50. The Bertz CT molecular complexity index is 990. The molecule has 2 N–H and O–H groups in total. The molecule has 0 fully saturated rings. The standard InChI is InChI=1S/C20H18N4O3/c1-13-3-2-4-14(9-13)23-19-11-16(21-12-22-19)20(25)24-15-5-6-17-18(10-15)27-8-7-26-17/h2-6,9-12H,7-8H2,1H3,(H,24,25)(H,21,22,23). The maximum absolute atomic E-state index is 12.5. The summed E-state index contributed by atoms with van der Waals surface area (Å²) >= 11 is 0. The fraction of sp³-hybridized carbons (Fsp3) is 0.150. The highest BCUT2D eigenvalue weighted by atomic mass is 16.6. The molecule has 7 nitrogen and oxygen atoms in total. The smallest absolute Gasteiger partial charge is 0.274 e. The van der Waals surface area contributed by atoms with E-state index >= 15 is 0 Å². The van der Waals surface area contributed by atoms with Crippen molar-refractivity contribution in [1.82, 2.24) is 9.97 Å². The second-order valence-corrected chi connectivity index (χ2v) is 6.10. The Morgan fingerprint density at radius 2 is 1.81 bits per heavy atom. The van der Waals surface area contributed by atoms with Gasteiger partial charge in [-0.3, -0.25) is 4.79 Å². The molecule has 0 aliphatic carbocycles. The number of amides is 1. The topological polar surface area (TPSA) is 85.4 Å². The first-order valence-corrected chi connectivity index (χ1v) is 8.54. The van der Waals surface area contributed by atoms with Gasteiger partial charge in [-0.25, -0.2) is 9.97 Å². The second-order valence-electron chi connectivity index (χ2n) is 6.10. The summed E-state index contributed by atoms with van der Waals surface area (Å²) in [5.41, 5.74) is 2.89. The van der Waals surface area contributed by atoms with Crippen LogP contribution < -0.4 is 20.1 Å². The van der Waals surface area contributed by atoms with Gasteiger partial charge in [0, 0.05) is 23.5 Å². The van der Waals surface area contributed by atoms with Crippen molar-refractivity contribution in [2.45, 2.75) is 6.92 Å². The van der Waals surface area contributed by atoms with Gasteiger partial charge in [-0.1, -0.05) is 12.1 Å². The quantitative estimate of drug-likeness (QED) is 0.738. The van der Waals surface area contributed by atoms with Gasteiger partial charge in [-0.05, 0) is 36.8 Å². The van der Waals surface area contributed by atoms with Gasteiger partial charge in [-0.15, -0.1) is 0 Å². The maximum atomic E-state index is 12.5. The number of anilines is 3. The Labute approximate surface area is 156 Å². The molecule has 2 heterocycles. The summed E-state index contributed by atoms with van der Waals surface area (Å²) in [6, 6.07) is 14.8. The van der Waals surface area contributed by atoms with Gasteiger partial charge in [0.1, 0.15) is 31.1 Å². The van der Waals surface area contributed by atoms with Crippen LogP contribution in [-0.4, -0.2) is 29.1 Å². The van der Waals surface area contributed by atoms with Gasteiger partial charge < -0.3 is 20.1 Å². The average molecular weight is 362 g/mol. The lowest BCUT2D eigenvalue weighted by Crippen LogP contribution is -2.17. The van der Waals surface area contributed by atoms with Crippen LogP contribution in [0.2, 0.25) is 0 Å². The molecular formula is C20H18N4O3. The lowest BCUT2D eigenvalue weighted by atomic mass is 10.2. The van der Waals surface area contributed by atoms with Gasteiger partial charge in [-0.2, -0.15) is 0 Å². The predicted octanol–water partition coefficient (Wildman–Crippen LogP) is 3.55. The number of nitrogens with zero attached hydrogens (tertiary/aromatic N) is 2. The molecule has 0 saturated heterocycles. The first kappa shape index (κ1) is 16.8. The third-order valence-corrected chi connectivity index (χ3v) is 3.99. The Morgan fingerprint density at radius 3 is 2.67 bits per heavy atom. The van der Waals surface area contributed by atoms with Crippen molar-refractivity contribution in [2.75, 3.05) is 23.8 Å². The van der Waals surface area contributed by atoms with E-state index in [0.717, 1.165) is 11.3 Å². The van der Waals surface area contributed by atoms with Crippen molar-refractivity contribution in [3.8, 4) is 11.5 Å². The van der Waals surface area contributed by atoms with Crippen molar-refractivity contribution in [1.29, 1.82) is 0 Å². The van der Waals surface area contributed by atoms with Gasteiger partial charge in [0.15, 0.2) is 11.5 Å². The van der Waals surface area contributed by atoms with Crippen molar-refractivity contribution in [3.63, 3.8) is 0 Å². The van der Waals surface area contributed by atoms with Crippen molar-refractivity contribution < 1.29 is 14.3 Å². The average Bonchev–Trinajstić information content (AvgIpc) is 2.68. The highest BCUT2D eigenvalue weighted by Gasteiger charge is 2.14. The number of nitrogens with one attached hydrogen (secondary N) is 2. The lowest BCUT2D eigenvalue weighted by molar-refractivity contribution is 0.102. The van der Waals surface area contributed by atoms with Gasteiger partial charge in [0.25, 0.3) is 5.91 Å². The van der Waals surface area contributed by atoms with Gasteiger partial charge in [0.2, 0.25) is 0 Å². The summed E-state index contributed by atoms with van der Waals surface area (Å²) < 4.78 is 11.0. The van der Waals surface area contributed by atoms with E-state index in [4.69, 9.17) is 9.47 Å². The molecule has 1 amide bonds. The van der Waals surface area contributed by atoms with Gasteiger partial charge in [0.05, 0.1) is 0 Å². The third kappa shape index (κ3) is 3.98.